The normalized spacial score (nSPS) is 10.7. The fourth-order valence-corrected chi connectivity index (χ4v) is 2.54. The number of aryl methyl sites for hydroxylation is 2. The highest BCUT2D eigenvalue weighted by Crippen LogP contribution is 2.23. The van der Waals surface area contributed by atoms with Crippen LogP contribution in [0.1, 0.15) is 22.5 Å². The monoisotopic (exact) mass is 263 g/mol. The first-order valence-corrected chi connectivity index (χ1v) is 6.72. The third kappa shape index (κ3) is 2.68. The zero-order chi connectivity index (χ0) is 13.1. The summed E-state index contributed by atoms with van der Waals surface area (Å²) in [6.45, 7) is 4.68. The quantitative estimate of drug-likeness (QED) is 0.919. The maximum atomic E-state index is 9.48. The van der Waals surface area contributed by atoms with Crippen molar-refractivity contribution in [3.63, 3.8) is 0 Å². The summed E-state index contributed by atoms with van der Waals surface area (Å²) in [6, 6.07) is 1.99. The van der Waals surface area contributed by atoms with E-state index in [4.69, 9.17) is 0 Å². The molecule has 0 aromatic carbocycles. The minimum Gasteiger partial charge on any atom is -0.392 e. The van der Waals surface area contributed by atoms with Gasteiger partial charge in [0.15, 0.2) is 0 Å². The number of thiazole rings is 1. The van der Waals surface area contributed by atoms with E-state index in [-0.39, 0.29) is 6.61 Å². The molecule has 0 saturated heterocycles. The van der Waals surface area contributed by atoms with Gasteiger partial charge < -0.3 is 10.0 Å². The van der Waals surface area contributed by atoms with Gasteiger partial charge in [0.25, 0.3) is 0 Å². The molecule has 0 amide bonds. The third-order valence-electron chi connectivity index (χ3n) is 2.86. The van der Waals surface area contributed by atoms with Gasteiger partial charge in [-0.05, 0) is 25.5 Å². The predicted molar refractivity (Wildman–Crippen MR) is 73.9 cm³/mol. The van der Waals surface area contributed by atoms with Crippen LogP contribution in [-0.2, 0) is 13.2 Å². The number of nitrogens with zero attached hydrogens (tertiary/aromatic N) is 3. The van der Waals surface area contributed by atoms with Gasteiger partial charge in [-0.3, -0.25) is 0 Å². The molecule has 0 fully saturated rings. The second-order valence-electron chi connectivity index (χ2n) is 4.38. The highest BCUT2D eigenvalue weighted by molar-refractivity contribution is 7.07. The summed E-state index contributed by atoms with van der Waals surface area (Å²) >= 11 is 1.59. The molecule has 0 spiro atoms. The fraction of sp³-hybridized carbons (Fsp3) is 0.385. The molecule has 0 aliphatic heterocycles. The van der Waals surface area contributed by atoms with Gasteiger partial charge in [0.2, 0.25) is 0 Å². The van der Waals surface area contributed by atoms with Crippen molar-refractivity contribution in [2.75, 3.05) is 11.9 Å². The second-order valence-corrected chi connectivity index (χ2v) is 5.10. The van der Waals surface area contributed by atoms with Crippen molar-refractivity contribution in [3.05, 3.63) is 39.5 Å². The van der Waals surface area contributed by atoms with Crippen molar-refractivity contribution < 1.29 is 5.11 Å². The van der Waals surface area contributed by atoms with Crippen LogP contribution < -0.4 is 4.90 Å². The molecule has 2 rings (SSSR count). The zero-order valence-electron chi connectivity index (χ0n) is 10.8. The summed E-state index contributed by atoms with van der Waals surface area (Å²) < 4.78 is 0. The Bertz CT molecular complexity index is 525. The standard InChI is InChI=1S/C13H17N3OS/c1-9-4-10(2)15-13(12(9)6-17)16(3)5-11-7-18-8-14-11/h4,7-8,17H,5-6H2,1-3H3. The second kappa shape index (κ2) is 5.46. The molecule has 0 aliphatic rings. The lowest BCUT2D eigenvalue weighted by atomic mass is 10.1. The lowest BCUT2D eigenvalue weighted by Crippen LogP contribution is -2.20. The Kier molecular flexibility index (Phi) is 3.93. The summed E-state index contributed by atoms with van der Waals surface area (Å²) in [5, 5.41) is 11.5. The van der Waals surface area contributed by atoms with Crippen LogP contribution in [0.25, 0.3) is 0 Å². The number of aromatic nitrogens is 2. The molecule has 18 heavy (non-hydrogen) atoms. The first-order chi connectivity index (χ1) is 8.61. The minimum atomic E-state index is 0.00977. The summed E-state index contributed by atoms with van der Waals surface area (Å²) in [5.74, 6) is 0.836. The largest absolute Gasteiger partial charge is 0.392 e. The van der Waals surface area contributed by atoms with Crippen LogP contribution in [-0.4, -0.2) is 22.1 Å². The Hall–Kier alpha value is -1.46. The van der Waals surface area contributed by atoms with Gasteiger partial charge in [0, 0.05) is 23.7 Å². The number of aliphatic hydroxyl groups excluding tert-OH is 1. The minimum absolute atomic E-state index is 0.00977. The topological polar surface area (TPSA) is 49.2 Å². The molecule has 96 valence electrons. The summed E-state index contributed by atoms with van der Waals surface area (Å²) in [6.07, 6.45) is 0. The third-order valence-corrected chi connectivity index (χ3v) is 3.49. The van der Waals surface area contributed by atoms with Crippen molar-refractivity contribution in [1.82, 2.24) is 9.97 Å². The summed E-state index contributed by atoms with van der Waals surface area (Å²) in [7, 11) is 1.97. The van der Waals surface area contributed by atoms with E-state index in [9.17, 15) is 5.11 Å². The highest BCUT2D eigenvalue weighted by Gasteiger charge is 2.13. The van der Waals surface area contributed by atoms with Crippen molar-refractivity contribution in [1.29, 1.82) is 0 Å². The molecular formula is C13H17N3OS. The number of aliphatic hydroxyl groups is 1. The zero-order valence-corrected chi connectivity index (χ0v) is 11.7. The van der Waals surface area contributed by atoms with E-state index in [0.717, 1.165) is 28.3 Å². The molecule has 0 saturated carbocycles. The van der Waals surface area contributed by atoms with Gasteiger partial charge in [-0.2, -0.15) is 0 Å². The van der Waals surface area contributed by atoms with Crippen LogP contribution in [0.4, 0.5) is 5.82 Å². The van der Waals surface area contributed by atoms with Gasteiger partial charge in [0.05, 0.1) is 24.4 Å². The first-order valence-electron chi connectivity index (χ1n) is 5.78. The summed E-state index contributed by atoms with van der Waals surface area (Å²) in [5.41, 5.74) is 5.77. The van der Waals surface area contributed by atoms with Gasteiger partial charge in [-0.1, -0.05) is 0 Å². The Morgan fingerprint density at radius 2 is 2.17 bits per heavy atom. The molecule has 0 atom stereocenters. The molecule has 0 unspecified atom stereocenters. The Labute approximate surface area is 111 Å². The molecule has 0 bridgehead atoms. The maximum absolute atomic E-state index is 9.48. The van der Waals surface area contributed by atoms with Crippen molar-refractivity contribution >= 4 is 17.2 Å². The molecule has 0 aliphatic carbocycles. The number of hydrogen-bond donors (Lipinski definition) is 1. The van der Waals surface area contributed by atoms with Crippen molar-refractivity contribution in [2.24, 2.45) is 0 Å². The first kappa shape index (κ1) is 13.0. The number of anilines is 1. The molecular weight excluding hydrogens is 246 g/mol. The Morgan fingerprint density at radius 1 is 1.39 bits per heavy atom. The molecule has 2 aromatic rings. The molecule has 1 N–H and O–H groups in total. The average molecular weight is 263 g/mol. The van der Waals surface area contributed by atoms with Crippen LogP contribution in [0.3, 0.4) is 0 Å². The molecule has 2 aromatic heterocycles. The van der Waals surface area contributed by atoms with Gasteiger partial charge >= 0.3 is 0 Å². The molecule has 5 heteroatoms. The molecule has 0 radical (unpaired) electrons. The van der Waals surface area contributed by atoms with E-state index in [2.05, 4.69) is 9.97 Å². The Balaban J connectivity index is 2.31. The van der Waals surface area contributed by atoms with Crippen LogP contribution in [0.2, 0.25) is 0 Å². The van der Waals surface area contributed by atoms with E-state index in [1.54, 1.807) is 11.3 Å². The number of pyridine rings is 1. The SMILES string of the molecule is Cc1cc(C)c(CO)c(N(C)Cc2cscn2)n1. The summed E-state index contributed by atoms with van der Waals surface area (Å²) in [4.78, 5) is 10.8. The lowest BCUT2D eigenvalue weighted by Gasteiger charge is -2.21. The van der Waals surface area contributed by atoms with Gasteiger partial charge in [-0.25, -0.2) is 9.97 Å². The molecule has 2 heterocycles. The van der Waals surface area contributed by atoms with Crippen LogP contribution in [0.15, 0.2) is 17.0 Å². The van der Waals surface area contributed by atoms with E-state index >= 15 is 0 Å². The van der Waals surface area contributed by atoms with E-state index in [1.807, 2.05) is 42.8 Å². The maximum Gasteiger partial charge on any atom is 0.134 e. The number of hydrogen-bond acceptors (Lipinski definition) is 5. The van der Waals surface area contributed by atoms with Gasteiger partial charge in [0.1, 0.15) is 5.82 Å². The van der Waals surface area contributed by atoms with E-state index < -0.39 is 0 Å². The predicted octanol–water partition coefficient (Wildman–Crippen LogP) is 2.28. The van der Waals surface area contributed by atoms with Crippen molar-refractivity contribution in [2.45, 2.75) is 27.0 Å². The Morgan fingerprint density at radius 3 is 2.78 bits per heavy atom. The van der Waals surface area contributed by atoms with E-state index in [1.165, 1.54) is 0 Å². The highest BCUT2D eigenvalue weighted by atomic mass is 32.1. The van der Waals surface area contributed by atoms with Crippen LogP contribution in [0, 0.1) is 13.8 Å². The van der Waals surface area contributed by atoms with Crippen LogP contribution in [0.5, 0.6) is 0 Å². The van der Waals surface area contributed by atoms with Gasteiger partial charge in [-0.15, -0.1) is 11.3 Å². The fourth-order valence-electron chi connectivity index (χ4n) is 1.99. The number of rotatable bonds is 4. The lowest BCUT2D eigenvalue weighted by molar-refractivity contribution is 0.281. The average Bonchev–Trinajstić information content (AvgIpc) is 2.80. The van der Waals surface area contributed by atoms with E-state index in [0.29, 0.717) is 6.54 Å². The smallest absolute Gasteiger partial charge is 0.134 e. The van der Waals surface area contributed by atoms with Crippen LogP contribution >= 0.6 is 11.3 Å². The van der Waals surface area contributed by atoms with Crippen molar-refractivity contribution in [3.8, 4) is 0 Å². The molecule has 4 nitrogen and oxygen atoms in total.